The van der Waals surface area contributed by atoms with Gasteiger partial charge in [0.1, 0.15) is 5.60 Å². The van der Waals surface area contributed by atoms with Crippen molar-refractivity contribution in [1.29, 1.82) is 0 Å². The highest BCUT2D eigenvalue weighted by Crippen LogP contribution is 2.17. The smallest absolute Gasteiger partial charge is 0.407 e. The molecule has 2 saturated carbocycles. The van der Waals surface area contributed by atoms with Gasteiger partial charge in [-0.25, -0.2) is 4.79 Å². The molecular formula is C17H36N4O2. The van der Waals surface area contributed by atoms with Crippen molar-refractivity contribution in [2.75, 3.05) is 0 Å². The van der Waals surface area contributed by atoms with Crippen LogP contribution in [0.1, 0.15) is 72.1 Å². The van der Waals surface area contributed by atoms with Gasteiger partial charge in [-0.1, -0.05) is 0 Å². The number of hydrogen-bond donors (Lipinski definition) is 4. The van der Waals surface area contributed by atoms with Crippen LogP contribution in [0.15, 0.2) is 0 Å². The number of nitrogens with two attached hydrogens (primary N) is 3. The fourth-order valence-corrected chi connectivity index (χ4v) is 2.88. The summed E-state index contributed by atoms with van der Waals surface area (Å²) >= 11 is 0. The van der Waals surface area contributed by atoms with Gasteiger partial charge in [0.15, 0.2) is 0 Å². The highest BCUT2D eigenvalue weighted by molar-refractivity contribution is 5.68. The van der Waals surface area contributed by atoms with Crippen LogP contribution in [0.5, 0.6) is 0 Å². The Balaban J connectivity index is 0.000000277. The molecule has 0 atom stereocenters. The highest BCUT2D eigenvalue weighted by Gasteiger charge is 2.23. The molecule has 6 heteroatoms. The molecule has 136 valence electrons. The summed E-state index contributed by atoms with van der Waals surface area (Å²) in [6, 6.07) is 1.42. The molecule has 2 fully saturated rings. The van der Waals surface area contributed by atoms with Crippen LogP contribution >= 0.6 is 0 Å². The molecule has 23 heavy (non-hydrogen) atoms. The van der Waals surface area contributed by atoms with Crippen LogP contribution in [0.3, 0.4) is 0 Å². The third kappa shape index (κ3) is 9.79. The van der Waals surface area contributed by atoms with Gasteiger partial charge in [-0.2, -0.15) is 0 Å². The summed E-state index contributed by atoms with van der Waals surface area (Å²) in [6.45, 7) is 5.59. The third-order valence-electron chi connectivity index (χ3n) is 4.31. The maximum Gasteiger partial charge on any atom is 0.407 e. The first-order chi connectivity index (χ1) is 10.7. The number of alkyl carbamates (subject to hydrolysis) is 1. The largest absolute Gasteiger partial charge is 0.444 e. The van der Waals surface area contributed by atoms with Gasteiger partial charge in [-0.15, -0.1) is 0 Å². The van der Waals surface area contributed by atoms with E-state index in [1.165, 1.54) is 0 Å². The van der Waals surface area contributed by atoms with E-state index in [0.29, 0.717) is 18.1 Å². The predicted octanol–water partition coefficient (Wildman–Crippen LogP) is 2.00. The molecule has 6 nitrogen and oxygen atoms in total. The van der Waals surface area contributed by atoms with Crippen molar-refractivity contribution in [3.8, 4) is 0 Å². The normalized spacial score (nSPS) is 31.6. The molecule has 0 aliphatic heterocycles. The summed E-state index contributed by atoms with van der Waals surface area (Å²) in [6.07, 6.45) is 8.08. The first-order valence-electron chi connectivity index (χ1n) is 8.92. The lowest BCUT2D eigenvalue weighted by atomic mass is 9.92. The number of ether oxygens (including phenoxy) is 1. The highest BCUT2D eigenvalue weighted by atomic mass is 16.6. The monoisotopic (exact) mass is 328 g/mol. The topological polar surface area (TPSA) is 116 Å². The van der Waals surface area contributed by atoms with E-state index in [-0.39, 0.29) is 12.1 Å². The molecule has 0 aromatic carbocycles. The van der Waals surface area contributed by atoms with Crippen LogP contribution in [-0.2, 0) is 4.74 Å². The molecule has 0 bridgehead atoms. The molecule has 0 radical (unpaired) electrons. The summed E-state index contributed by atoms with van der Waals surface area (Å²) in [7, 11) is 0. The predicted molar refractivity (Wildman–Crippen MR) is 94.0 cm³/mol. The fraction of sp³-hybridized carbons (Fsp3) is 0.941. The Morgan fingerprint density at radius 1 is 0.826 bits per heavy atom. The van der Waals surface area contributed by atoms with Crippen molar-refractivity contribution in [1.82, 2.24) is 5.32 Å². The van der Waals surface area contributed by atoms with Crippen LogP contribution in [0.2, 0.25) is 0 Å². The second kappa shape index (κ2) is 9.45. The molecule has 7 N–H and O–H groups in total. The summed E-state index contributed by atoms with van der Waals surface area (Å²) in [4.78, 5) is 11.4. The molecule has 2 rings (SSSR count). The van der Waals surface area contributed by atoms with E-state index in [0.717, 1.165) is 51.4 Å². The van der Waals surface area contributed by atoms with Gasteiger partial charge >= 0.3 is 6.09 Å². The zero-order valence-corrected chi connectivity index (χ0v) is 15.0. The lowest BCUT2D eigenvalue weighted by Crippen LogP contribution is -2.42. The minimum atomic E-state index is -0.421. The number of carbonyl (C=O) groups is 1. The van der Waals surface area contributed by atoms with Crippen molar-refractivity contribution >= 4 is 6.09 Å². The summed E-state index contributed by atoms with van der Waals surface area (Å²) in [5, 5.41) is 2.88. The van der Waals surface area contributed by atoms with Gasteiger partial charge in [-0.05, 0) is 72.1 Å². The molecule has 2 aliphatic rings. The summed E-state index contributed by atoms with van der Waals surface area (Å²) < 4.78 is 5.19. The summed E-state index contributed by atoms with van der Waals surface area (Å²) in [5.74, 6) is 0. The molecule has 0 aromatic rings. The third-order valence-corrected chi connectivity index (χ3v) is 4.31. The standard InChI is InChI=1S/C11H22N2O2.C6H14N2/c1-11(2,3)15-10(14)13-9-6-4-8(12)5-7-9;7-5-1-2-6(8)4-3-5/h8-9H,4-7,12H2,1-3H3,(H,13,14);5-6H,1-4,7-8H2. The van der Waals surface area contributed by atoms with Crippen LogP contribution in [0.4, 0.5) is 4.79 Å². The second-order valence-corrected chi connectivity index (χ2v) is 7.93. The Kier molecular flexibility index (Phi) is 8.29. The molecule has 0 heterocycles. The minimum Gasteiger partial charge on any atom is -0.444 e. The molecule has 0 saturated heterocycles. The first kappa shape index (κ1) is 20.2. The second-order valence-electron chi connectivity index (χ2n) is 7.93. The van der Waals surface area contributed by atoms with Gasteiger partial charge < -0.3 is 27.3 Å². The average molecular weight is 329 g/mol. The van der Waals surface area contributed by atoms with E-state index in [1.807, 2.05) is 20.8 Å². The van der Waals surface area contributed by atoms with Crippen molar-refractivity contribution in [3.05, 3.63) is 0 Å². The number of rotatable bonds is 1. The lowest BCUT2D eigenvalue weighted by molar-refractivity contribution is 0.0491. The van der Waals surface area contributed by atoms with E-state index in [1.54, 1.807) is 0 Å². The van der Waals surface area contributed by atoms with Gasteiger partial charge in [0.2, 0.25) is 0 Å². The van der Waals surface area contributed by atoms with Crippen LogP contribution in [0.25, 0.3) is 0 Å². The first-order valence-corrected chi connectivity index (χ1v) is 8.92. The van der Waals surface area contributed by atoms with E-state index in [2.05, 4.69) is 5.32 Å². The van der Waals surface area contributed by atoms with Crippen molar-refractivity contribution < 1.29 is 9.53 Å². The Morgan fingerprint density at radius 2 is 1.17 bits per heavy atom. The zero-order valence-electron chi connectivity index (χ0n) is 15.0. The van der Waals surface area contributed by atoms with E-state index in [9.17, 15) is 4.79 Å². The molecular weight excluding hydrogens is 292 g/mol. The Hall–Kier alpha value is -0.850. The van der Waals surface area contributed by atoms with Gasteiger partial charge in [0.05, 0.1) is 0 Å². The number of carbonyl (C=O) groups excluding carboxylic acids is 1. The minimum absolute atomic E-state index is 0.236. The molecule has 0 unspecified atom stereocenters. The van der Waals surface area contributed by atoms with Crippen LogP contribution in [-0.4, -0.2) is 35.9 Å². The van der Waals surface area contributed by atoms with E-state index < -0.39 is 5.60 Å². The van der Waals surface area contributed by atoms with Crippen LogP contribution < -0.4 is 22.5 Å². The number of nitrogens with one attached hydrogen (secondary N) is 1. The van der Waals surface area contributed by atoms with E-state index in [4.69, 9.17) is 21.9 Å². The van der Waals surface area contributed by atoms with Crippen molar-refractivity contribution in [3.63, 3.8) is 0 Å². The quantitative estimate of drug-likeness (QED) is 0.587. The Bertz CT molecular complexity index is 331. The Labute approximate surface area is 140 Å². The lowest BCUT2D eigenvalue weighted by Gasteiger charge is -2.28. The van der Waals surface area contributed by atoms with Gasteiger partial charge in [0.25, 0.3) is 0 Å². The van der Waals surface area contributed by atoms with Gasteiger partial charge in [-0.3, -0.25) is 0 Å². The molecule has 1 amide bonds. The zero-order chi connectivity index (χ0) is 17.5. The number of hydrogen-bond acceptors (Lipinski definition) is 5. The van der Waals surface area contributed by atoms with Gasteiger partial charge in [0, 0.05) is 24.2 Å². The molecule has 2 aliphatic carbocycles. The van der Waals surface area contributed by atoms with E-state index >= 15 is 0 Å². The Morgan fingerprint density at radius 3 is 1.52 bits per heavy atom. The molecule has 0 spiro atoms. The SMILES string of the molecule is CC(C)(C)OC(=O)NC1CCC(N)CC1.NC1CCC(N)CC1. The van der Waals surface area contributed by atoms with Crippen LogP contribution in [0, 0.1) is 0 Å². The maximum atomic E-state index is 11.4. The fourth-order valence-electron chi connectivity index (χ4n) is 2.88. The summed E-state index contributed by atoms with van der Waals surface area (Å²) in [5.41, 5.74) is 16.6. The maximum absolute atomic E-state index is 11.4. The average Bonchev–Trinajstić information content (AvgIpc) is 2.43. The van der Waals surface area contributed by atoms with Crippen molar-refractivity contribution in [2.45, 2.75) is 102 Å². The van der Waals surface area contributed by atoms with Crippen molar-refractivity contribution in [2.24, 2.45) is 17.2 Å². The molecule has 0 aromatic heterocycles. The number of amides is 1.